The van der Waals surface area contributed by atoms with Crippen molar-refractivity contribution in [3.05, 3.63) is 29.8 Å². The lowest BCUT2D eigenvalue weighted by Crippen LogP contribution is -2.34. The van der Waals surface area contributed by atoms with Crippen LogP contribution in [0.25, 0.3) is 0 Å². The normalized spacial score (nSPS) is 12.2. The fourth-order valence-corrected chi connectivity index (χ4v) is 1.24. The fourth-order valence-electron chi connectivity index (χ4n) is 1.24. The van der Waals surface area contributed by atoms with E-state index in [-0.39, 0.29) is 5.91 Å². The van der Waals surface area contributed by atoms with Crippen LogP contribution in [0.3, 0.4) is 0 Å². The molecule has 0 bridgehead atoms. The molecule has 1 rings (SSSR count). The van der Waals surface area contributed by atoms with Gasteiger partial charge >= 0.3 is 0 Å². The molecule has 0 aromatic heterocycles. The Labute approximate surface area is 90.7 Å². The summed E-state index contributed by atoms with van der Waals surface area (Å²) in [5, 5.41) is 2.78. The van der Waals surface area contributed by atoms with E-state index in [0.717, 1.165) is 12.1 Å². The van der Waals surface area contributed by atoms with Crippen LogP contribution >= 0.6 is 0 Å². The maximum absolute atomic E-state index is 11.5. The van der Waals surface area contributed by atoms with E-state index in [1.165, 1.54) is 5.56 Å². The molecular weight excluding hydrogens is 188 g/mol. The second-order valence-electron chi connectivity index (χ2n) is 3.55. The second kappa shape index (κ2) is 5.51. The number of hydrogen-bond acceptors (Lipinski definition) is 2. The minimum Gasteiger partial charge on any atom is -0.325 e. The average Bonchev–Trinajstić information content (AvgIpc) is 2.29. The summed E-state index contributed by atoms with van der Waals surface area (Å²) in [5.74, 6) is -0.123. The van der Waals surface area contributed by atoms with Gasteiger partial charge in [-0.2, -0.15) is 0 Å². The van der Waals surface area contributed by atoms with Crippen LogP contribution in [0.4, 0.5) is 5.69 Å². The van der Waals surface area contributed by atoms with Gasteiger partial charge in [-0.25, -0.2) is 0 Å². The molecule has 1 atom stereocenters. The topological polar surface area (TPSA) is 55.1 Å². The smallest absolute Gasteiger partial charge is 0.241 e. The van der Waals surface area contributed by atoms with Crippen LogP contribution in [0.5, 0.6) is 0 Å². The molecule has 0 spiro atoms. The molecular formula is C12H18N2O. The van der Waals surface area contributed by atoms with Crippen molar-refractivity contribution >= 4 is 11.6 Å². The third-order valence-corrected chi connectivity index (χ3v) is 2.41. The lowest BCUT2D eigenvalue weighted by molar-refractivity contribution is -0.117. The zero-order valence-corrected chi connectivity index (χ0v) is 9.29. The number of hydrogen-bond donors (Lipinski definition) is 2. The van der Waals surface area contributed by atoms with Crippen molar-refractivity contribution in [3.63, 3.8) is 0 Å². The van der Waals surface area contributed by atoms with Gasteiger partial charge in [0.1, 0.15) is 0 Å². The van der Waals surface area contributed by atoms with Gasteiger partial charge in [0.05, 0.1) is 6.04 Å². The predicted octanol–water partition coefficient (Wildman–Crippen LogP) is 1.92. The maximum Gasteiger partial charge on any atom is 0.241 e. The molecule has 82 valence electrons. The first-order valence-corrected chi connectivity index (χ1v) is 5.32. The maximum atomic E-state index is 11.5. The van der Waals surface area contributed by atoms with Crippen molar-refractivity contribution in [3.8, 4) is 0 Å². The summed E-state index contributed by atoms with van der Waals surface area (Å²) in [6, 6.07) is 7.40. The number of aryl methyl sites for hydroxylation is 1. The van der Waals surface area contributed by atoms with Crippen molar-refractivity contribution in [1.82, 2.24) is 0 Å². The third-order valence-electron chi connectivity index (χ3n) is 2.41. The molecule has 1 amide bonds. The number of carbonyl (C=O) groups excluding carboxylic acids is 1. The number of benzene rings is 1. The van der Waals surface area contributed by atoms with E-state index < -0.39 is 6.04 Å². The summed E-state index contributed by atoms with van der Waals surface area (Å²) in [7, 11) is 0. The van der Waals surface area contributed by atoms with Gasteiger partial charge in [-0.1, -0.05) is 26.0 Å². The molecule has 3 N–H and O–H groups in total. The fraction of sp³-hybridized carbons (Fsp3) is 0.417. The largest absolute Gasteiger partial charge is 0.325 e. The molecule has 0 saturated carbocycles. The molecule has 0 unspecified atom stereocenters. The molecule has 3 heteroatoms. The van der Waals surface area contributed by atoms with Gasteiger partial charge in [-0.05, 0) is 30.5 Å². The Bertz CT molecular complexity index is 319. The zero-order chi connectivity index (χ0) is 11.3. The quantitative estimate of drug-likeness (QED) is 0.790. The Morgan fingerprint density at radius 1 is 1.33 bits per heavy atom. The molecule has 1 aromatic rings. The van der Waals surface area contributed by atoms with Crippen molar-refractivity contribution in [1.29, 1.82) is 0 Å². The summed E-state index contributed by atoms with van der Waals surface area (Å²) < 4.78 is 0. The highest BCUT2D eigenvalue weighted by atomic mass is 16.2. The number of nitrogens with two attached hydrogens (primary N) is 1. The van der Waals surface area contributed by atoms with Gasteiger partial charge in [0.25, 0.3) is 0 Å². The van der Waals surface area contributed by atoms with E-state index in [0.29, 0.717) is 6.42 Å². The summed E-state index contributed by atoms with van der Waals surface area (Å²) in [6.07, 6.45) is 1.65. The number of rotatable bonds is 4. The Morgan fingerprint density at radius 3 is 2.40 bits per heavy atom. The predicted molar refractivity (Wildman–Crippen MR) is 62.7 cm³/mol. The van der Waals surface area contributed by atoms with Crippen molar-refractivity contribution < 1.29 is 4.79 Å². The van der Waals surface area contributed by atoms with E-state index in [9.17, 15) is 4.79 Å². The molecule has 1 aromatic carbocycles. The van der Waals surface area contributed by atoms with E-state index in [1.807, 2.05) is 31.2 Å². The van der Waals surface area contributed by atoms with Crippen LogP contribution in [0.1, 0.15) is 25.8 Å². The molecule has 0 fully saturated rings. The Kier molecular flexibility index (Phi) is 4.31. The summed E-state index contributed by atoms with van der Waals surface area (Å²) in [5.41, 5.74) is 7.67. The minimum absolute atomic E-state index is 0.123. The summed E-state index contributed by atoms with van der Waals surface area (Å²) in [6.45, 7) is 3.99. The van der Waals surface area contributed by atoms with Gasteiger partial charge in [0.2, 0.25) is 5.91 Å². The standard InChI is InChI=1S/C12H18N2O/c1-3-9-5-7-10(8-6-9)14-12(15)11(13)4-2/h5-8,11H,3-4,13H2,1-2H3,(H,14,15)/t11-/m0/s1. The van der Waals surface area contributed by atoms with Crippen LogP contribution in [0.15, 0.2) is 24.3 Å². The third kappa shape index (κ3) is 3.36. The number of amides is 1. The van der Waals surface area contributed by atoms with E-state index in [1.54, 1.807) is 0 Å². The molecule has 0 heterocycles. The van der Waals surface area contributed by atoms with Gasteiger partial charge in [0, 0.05) is 5.69 Å². The Morgan fingerprint density at radius 2 is 1.93 bits per heavy atom. The van der Waals surface area contributed by atoms with Crippen LogP contribution in [-0.4, -0.2) is 11.9 Å². The highest BCUT2D eigenvalue weighted by Crippen LogP contribution is 2.10. The molecule has 0 aliphatic carbocycles. The van der Waals surface area contributed by atoms with Crippen molar-refractivity contribution in [2.24, 2.45) is 5.73 Å². The number of carbonyl (C=O) groups is 1. The number of nitrogens with one attached hydrogen (secondary N) is 1. The van der Waals surface area contributed by atoms with Crippen molar-refractivity contribution in [2.75, 3.05) is 5.32 Å². The van der Waals surface area contributed by atoms with E-state index in [4.69, 9.17) is 5.73 Å². The zero-order valence-electron chi connectivity index (χ0n) is 9.29. The monoisotopic (exact) mass is 206 g/mol. The first kappa shape index (κ1) is 11.7. The van der Waals surface area contributed by atoms with Crippen LogP contribution in [0.2, 0.25) is 0 Å². The second-order valence-corrected chi connectivity index (χ2v) is 3.55. The van der Waals surface area contributed by atoms with Gasteiger partial charge < -0.3 is 11.1 Å². The first-order valence-electron chi connectivity index (χ1n) is 5.32. The molecule has 3 nitrogen and oxygen atoms in total. The van der Waals surface area contributed by atoms with Crippen LogP contribution in [0, 0.1) is 0 Å². The van der Waals surface area contributed by atoms with Crippen molar-refractivity contribution in [2.45, 2.75) is 32.7 Å². The van der Waals surface area contributed by atoms with Gasteiger partial charge in [-0.15, -0.1) is 0 Å². The van der Waals surface area contributed by atoms with E-state index >= 15 is 0 Å². The lowest BCUT2D eigenvalue weighted by Gasteiger charge is -2.10. The first-order chi connectivity index (χ1) is 7.17. The Hall–Kier alpha value is -1.35. The van der Waals surface area contributed by atoms with Gasteiger partial charge in [-0.3, -0.25) is 4.79 Å². The highest BCUT2D eigenvalue weighted by molar-refractivity contribution is 5.94. The molecule has 0 aliphatic rings. The molecule has 0 radical (unpaired) electrons. The number of anilines is 1. The van der Waals surface area contributed by atoms with Crippen LogP contribution < -0.4 is 11.1 Å². The van der Waals surface area contributed by atoms with E-state index in [2.05, 4.69) is 12.2 Å². The Balaban J connectivity index is 2.61. The highest BCUT2D eigenvalue weighted by Gasteiger charge is 2.10. The lowest BCUT2D eigenvalue weighted by atomic mass is 10.1. The van der Waals surface area contributed by atoms with Crippen LogP contribution in [-0.2, 0) is 11.2 Å². The SMILES string of the molecule is CCc1ccc(NC(=O)[C@@H](N)CC)cc1. The molecule has 15 heavy (non-hydrogen) atoms. The average molecular weight is 206 g/mol. The molecule has 0 aliphatic heterocycles. The minimum atomic E-state index is -0.421. The molecule has 0 saturated heterocycles. The summed E-state index contributed by atoms with van der Waals surface area (Å²) >= 11 is 0. The van der Waals surface area contributed by atoms with Gasteiger partial charge in [0.15, 0.2) is 0 Å². The summed E-state index contributed by atoms with van der Waals surface area (Å²) in [4.78, 5) is 11.5.